The third kappa shape index (κ3) is 7.13. The number of rotatable bonds is 9. The molecule has 32 heavy (non-hydrogen) atoms. The van der Waals surface area contributed by atoms with Crippen molar-refractivity contribution in [3.8, 4) is 11.5 Å². The number of hydrogen-bond acceptors (Lipinski definition) is 4. The average Bonchev–Trinajstić information content (AvgIpc) is 2.77. The number of benzene rings is 3. The molecule has 7 heteroatoms. The number of carbonyl (C=O) groups is 2. The number of anilines is 2. The summed E-state index contributed by atoms with van der Waals surface area (Å²) >= 11 is 3.41. The van der Waals surface area contributed by atoms with E-state index in [0.717, 1.165) is 4.47 Å². The molecule has 0 fully saturated rings. The van der Waals surface area contributed by atoms with Gasteiger partial charge in [0.2, 0.25) is 0 Å². The molecular weight excluding hydrogens is 472 g/mol. The average molecular weight is 497 g/mol. The van der Waals surface area contributed by atoms with Gasteiger partial charge in [-0.15, -0.1) is 0 Å². The second-order valence-electron chi connectivity index (χ2n) is 7.53. The lowest BCUT2D eigenvalue weighted by atomic mass is 10.1. The van der Waals surface area contributed by atoms with Crippen LogP contribution < -0.4 is 20.1 Å². The summed E-state index contributed by atoms with van der Waals surface area (Å²) in [5, 5.41) is 5.63. The smallest absolute Gasteiger partial charge is 0.262 e. The summed E-state index contributed by atoms with van der Waals surface area (Å²) in [6.07, 6.45) is 0. The Labute approximate surface area is 196 Å². The second kappa shape index (κ2) is 11.3. The lowest BCUT2D eigenvalue weighted by Gasteiger charge is -2.14. The maximum atomic E-state index is 12.9. The first-order valence-corrected chi connectivity index (χ1v) is 11.0. The Kier molecular flexibility index (Phi) is 8.27. The number of hydrogen-bond donors (Lipinski definition) is 2. The number of nitrogens with one attached hydrogen (secondary N) is 2. The van der Waals surface area contributed by atoms with Crippen LogP contribution in [0.2, 0.25) is 0 Å². The van der Waals surface area contributed by atoms with E-state index in [4.69, 9.17) is 9.47 Å². The van der Waals surface area contributed by atoms with Crippen molar-refractivity contribution in [3.63, 3.8) is 0 Å². The predicted molar refractivity (Wildman–Crippen MR) is 129 cm³/mol. The highest BCUT2D eigenvalue weighted by molar-refractivity contribution is 9.10. The molecule has 0 saturated heterocycles. The Morgan fingerprint density at radius 1 is 0.875 bits per heavy atom. The Morgan fingerprint density at radius 2 is 1.59 bits per heavy atom. The molecule has 0 radical (unpaired) electrons. The Morgan fingerprint density at radius 3 is 2.31 bits per heavy atom. The minimum absolute atomic E-state index is 0.116. The van der Waals surface area contributed by atoms with Crippen molar-refractivity contribution in [2.24, 2.45) is 5.92 Å². The van der Waals surface area contributed by atoms with Crippen molar-refractivity contribution in [3.05, 3.63) is 82.8 Å². The summed E-state index contributed by atoms with van der Waals surface area (Å²) in [6.45, 7) is 4.48. The van der Waals surface area contributed by atoms with Crippen molar-refractivity contribution >= 4 is 39.1 Å². The Bertz CT molecular complexity index is 1070. The van der Waals surface area contributed by atoms with Crippen molar-refractivity contribution in [1.29, 1.82) is 0 Å². The number of halogens is 1. The number of ether oxygens (including phenoxy) is 2. The fraction of sp³-hybridized carbons (Fsp3) is 0.200. The normalized spacial score (nSPS) is 10.5. The van der Waals surface area contributed by atoms with E-state index in [0.29, 0.717) is 41.0 Å². The van der Waals surface area contributed by atoms with Crippen LogP contribution in [0.15, 0.2) is 77.3 Å². The van der Waals surface area contributed by atoms with Crippen LogP contribution in [-0.2, 0) is 4.79 Å². The molecule has 0 saturated carbocycles. The van der Waals surface area contributed by atoms with Crippen LogP contribution in [0.4, 0.5) is 11.4 Å². The van der Waals surface area contributed by atoms with E-state index >= 15 is 0 Å². The van der Waals surface area contributed by atoms with E-state index in [1.165, 1.54) is 0 Å². The topological polar surface area (TPSA) is 76.7 Å². The molecule has 166 valence electrons. The van der Waals surface area contributed by atoms with Crippen LogP contribution in [0, 0.1) is 5.92 Å². The maximum Gasteiger partial charge on any atom is 0.262 e. The molecule has 0 bridgehead atoms. The van der Waals surface area contributed by atoms with Gasteiger partial charge in [0.25, 0.3) is 11.8 Å². The molecule has 0 aliphatic carbocycles. The molecule has 0 aliphatic rings. The maximum absolute atomic E-state index is 12.9. The molecule has 0 heterocycles. The molecule has 2 amide bonds. The lowest BCUT2D eigenvalue weighted by molar-refractivity contribution is -0.118. The first kappa shape index (κ1) is 23.3. The molecule has 6 nitrogen and oxygen atoms in total. The third-order valence-corrected chi connectivity index (χ3v) is 4.77. The molecule has 2 N–H and O–H groups in total. The minimum atomic E-state index is -0.305. The lowest BCUT2D eigenvalue weighted by Crippen LogP contribution is -2.20. The Hall–Kier alpha value is -3.32. The van der Waals surface area contributed by atoms with Gasteiger partial charge in [-0.3, -0.25) is 9.59 Å². The minimum Gasteiger partial charge on any atom is -0.492 e. The summed E-state index contributed by atoms with van der Waals surface area (Å²) < 4.78 is 12.0. The van der Waals surface area contributed by atoms with Gasteiger partial charge in [0.05, 0.1) is 12.2 Å². The first-order valence-electron chi connectivity index (χ1n) is 10.2. The van der Waals surface area contributed by atoms with Crippen LogP contribution in [0.5, 0.6) is 11.5 Å². The standard InChI is InChI=1S/C25H25BrN2O4/c1-17(2)15-32-23-12-11-18(26)13-22(23)25(30)28-20-8-6-7-19(14-20)27-24(29)16-31-21-9-4-3-5-10-21/h3-14,17H,15-16H2,1-2H3,(H,27,29)(H,28,30). The molecule has 0 atom stereocenters. The van der Waals surface area contributed by atoms with Gasteiger partial charge in [-0.25, -0.2) is 0 Å². The zero-order valence-electron chi connectivity index (χ0n) is 17.9. The summed E-state index contributed by atoms with van der Waals surface area (Å²) in [6, 6.07) is 21.4. The molecule has 3 rings (SSSR count). The van der Waals surface area contributed by atoms with Crippen molar-refractivity contribution < 1.29 is 19.1 Å². The van der Waals surface area contributed by atoms with E-state index in [9.17, 15) is 9.59 Å². The summed E-state index contributed by atoms with van der Waals surface area (Å²) in [7, 11) is 0. The van der Waals surface area contributed by atoms with Gasteiger partial charge in [-0.2, -0.15) is 0 Å². The molecule has 0 unspecified atom stereocenters. The van der Waals surface area contributed by atoms with Crippen molar-refractivity contribution in [2.75, 3.05) is 23.8 Å². The van der Waals surface area contributed by atoms with Gasteiger partial charge >= 0.3 is 0 Å². The number of para-hydroxylation sites is 1. The fourth-order valence-corrected chi connectivity index (χ4v) is 3.16. The number of amides is 2. The van der Waals surface area contributed by atoms with Gasteiger partial charge in [-0.05, 0) is 54.4 Å². The van der Waals surface area contributed by atoms with Crippen LogP contribution in [-0.4, -0.2) is 25.0 Å². The van der Waals surface area contributed by atoms with E-state index in [1.54, 1.807) is 48.5 Å². The van der Waals surface area contributed by atoms with E-state index in [2.05, 4.69) is 26.6 Å². The molecule has 0 spiro atoms. The molecular formula is C25H25BrN2O4. The summed E-state index contributed by atoms with van der Waals surface area (Å²) in [4.78, 5) is 25.1. The third-order valence-electron chi connectivity index (χ3n) is 4.28. The first-order chi connectivity index (χ1) is 15.4. The van der Waals surface area contributed by atoms with Gasteiger partial charge in [-0.1, -0.05) is 54.0 Å². The van der Waals surface area contributed by atoms with Crippen molar-refractivity contribution in [2.45, 2.75) is 13.8 Å². The monoisotopic (exact) mass is 496 g/mol. The molecule has 3 aromatic rings. The molecule has 0 aromatic heterocycles. The summed E-state index contributed by atoms with van der Waals surface area (Å²) in [5.41, 5.74) is 1.52. The van der Waals surface area contributed by atoms with Gasteiger partial charge < -0.3 is 20.1 Å². The molecule has 3 aromatic carbocycles. The number of carbonyl (C=O) groups excluding carboxylic acids is 2. The Balaban J connectivity index is 1.63. The van der Waals surface area contributed by atoms with Gasteiger partial charge in [0.15, 0.2) is 6.61 Å². The van der Waals surface area contributed by atoms with Gasteiger partial charge in [0, 0.05) is 15.8 Å². The van der Waals surface area contributed by atoms with Crippen LogP contribution in [0.3, 0.4) is 0 Å². The summed E-state index contributed by atoms with van der Waals surface area (Å²) in [5.74, 6) is 0.866. The van der Waals surface area contributed by atoms with Crippen LogP contribution in [0.1, 0.15) is 24.2 Å². The SMILES string of the molecule is CC(C)COc1ccc(Br)cc1C(=O)Nc1cccc(NC(=O)COc2ccccc2)c1. The van der Waals surface area contributed by atoms with E-state index in [1.807, 2.05) is 38.1 Å². The largest absolute Gasteiger partial charge is 0.492 e. The predicted octanol–water partition coefficient (Wildman–Crippen LogP) is 5.75. The van der Waals surface area contributed by atoms with Crippen LogP contribution in [0.25, 0.3) is 0 Å². The second-order valence-corrected chi connectivity index (χ2v) is 8.45. The highest BCUT2D eigenvalue weighted by atomic mass is 79.9. The highest BCUT2D eigenvalue weighted by Crippen LogP contribution is 2.25. The zero-order chi connectivity index (χ0) is 22.9. The fourth-order valence-electron chi connectivity index (χ4n) is 2.80. The van der Waals surface area contributed by atoms with Crippen molar-refractivity contribution in [1.82, 2.24) is 0 Å². The quantitative estimate of drug-likeness (QED) is 0.395. The van der Waals surface area contributed by atoms with E-state index in [-0.39, 0.29) is 18.4 Å². The van der Waals surface area contributed by atoms with Crippen LogP contribution >= 0.6 is 15.9 Å². The highest BCUT2D eigenvalue weighted by Gasteiger charge is 2.15. The van der Waals surface area contributed by atoms with Gasteiger partial charge in [0.1, 0.15) is 11.5 Å². The van der Waals surface area contributed by atoms with E-state index < -0.39 is 0 Å². The molecule has 0 aliphatic heterocycles. The zero-order valence-corrected chi connectivity index (χ0v) is 19.5.